The highest BCUT2D eigenvalue weighted by Gasteiger charge is 2.11. The van der Waals surface area contributed by atoms with Crippen LogP contribution in [0.4, 0.5) is 5.13 Å². The van der Waals surface area contributed by atoms with Gasteiger partial charge in [0.05, 0.1) is 16.6 Å². The lowest BCUT2D eigenvalue weighted by molar-refractivity contribution is -0.117. The predicted molar refractivity (Wildman–Crippen MR) is 83.5 cm³/mol. The highest BCUT2D eigenvalue weighted by molar-refractivity contribution is 7.13. The predicted octanol–water partition coefficient (Wildman–Crippen LogP) is 3.52. The fourth-order valence-electron chi connectivity index (χ4n) is 1.71. The van der Waals surface area contributed by atoms with Crippen LogP contribution >= 0.6 is 34.5 Å². The fraction of sp³-hybridized carbons (Fsp3) is 0.231. The molecule has 106 valence electrons. The van der Waals surface area contributed by atoms with E-state index in [4.69, 9.17) is 23.2 Å². The molecule has 0 spiro atoms. The molecular weight excluding hydrogens is 317 g/mol. The van der Waals surface area contributed by atoms with Crippen LogP contribution in [0.15, 0.2) is 29.8 Å². The lowest BCUT2D eigenvalue weighted by Crippen LogP contribution is -2.29. The number of nitrogens with zero attached hydrogens (tertiary/aromatic N) is 2. The molecule has 0 aliphatic heterocycles. The minimum Gasteiger partial charge on any atom is -0.301 e. The number of halogens is 2. The Labute approximate surface area is 131 Å². The number of carbonyl (C=O) groups is 1. The van der Waals surface area contributed by atoms with Gasteiger partial charge in [0.25, 0.3) is 0 Å². The number of anilines is 1. The van der Waals surface area contributed by atoms with Crippen molar-refractivity contribution in [3.63, 3.8) is 0 Å². The molecule has 7 heteroatoms. The summed E-state index contributed by atoms with van der Waals surface area (Å²) in [5.41, 5.74) is 0.892. The maximum absolute atomic E-state index is 11.8. The molecule has 0 unspecified atom stereocenters. The first-order chi connectivity index (χ1) is 9.56. The second-order valence-corrected chi connectivity index (χ2v) is 5.95. The fourth-order valence-corrected chi connectivity index (χ4v) is 2.63. The van der Waals surface area contributed by atoms with Gasteiger partial charge >= 0.3 is 0 Å². The molecule has 1 aromatic heterocycles. The van der Waals surface area contributed by atoms with Gasteiger partial charge in [0, 0.05) is 18.1 Å². The smallest absolute Gasteiger partial charge is 0.240 e. The molecule has 20 heavy (non-hydrogen) atoms. The molecule has 0 atom stereocenters. The van der Waals surface area contributed by atoms with Gasteiger partial charge in [-0.25, -0.2) is 4.98 Å². The maximum Gasteiger partial charge on any atom is 0.240 e. The monoisotopic (exact) mass is 329 g/mol. The summed E-state index contributed by atoms with van der Waals surface area (Å²) < 4.78 is 0. The van der Waals surface area contributed by atoms with Crippen molar-refractivity contribution >= 4 is 45.6 Å². The molecule has 4 nitrogen and oxygen atoms in total. The first kappa shape index (κ1) is 15.3. The van der Waals surface area contributed by atoms with Crippen LogP contribution in [0.5, 0.6) is 0 Å². The van der Waals surface area contributed by atoms with E-state index >= 15 is 0 Å². The average molecular weight is 330 g/mol. The van der Waals surface area contributed by atoms with Crippen molar-refractivity contribution in [2.45, 2.75) is 6.54 Å². The minimum atomic E-state index is -0.111. The summed E-state index contributed by atoms with van der Waals surface area (Å²) in [6.45, 7) is 0.799. The normalized spacial score (nSPS) is 10.8. The standard InChI is InChI=1S/C13H13Cl2N3OS/c1-18(7-9-3-2-4-10(14)12(9)15)8-11(19)17-13-16-5-6-20-13/h2-6H,7-8H2,1H3,(H,16,17,19). The molecule has 1 N–H and O–H groups in total. The molecule has 1 aromatic carbocycles. The van der Waals surface area contributed by atoms with Gasteiger partial charge < -0.3 is 5.32 Å². The van der Waals surface area contributed by atoms with E-state index in [1.807, 2.05) is 29.5 Å². The third-order valence-electron chi connectivity index (χ3n) is 2.56. The number of hydrogen-bond donors (Lipinski definition) is 1. The largest absolute Gasteiger partial charge is 0.301 e. The van der Waals surface area contributed by atoms with Crippen LogP contribution < -0.4 is 5.32 Å². The number of carbonyl (C=O) groups excluding carboxylic acids is 1. The van der Waals surface area contributed by atoms with Gasteiger partial charge in [-0.15, -0.1) is 11.3 Å². The zero-order valence-electron chi connectivity index (χ0n) is 10.8. The number of rotatable bonds is 5. The molecule has 0 fully saturated rings. The molecular formula is C13H13Cl2N3OS. The summed E-state index contributed by atoms with van der Waals surface area (Å²) in [6, 6.07) is 5.47. The van der Waals surface area contributed by atoms with Gasteiger partial charge in [-0.3, -0.25) is 9.69 Å². The third-order valence-corrected chi connectivity index (χ3v) is 4.11. The Balaban J connectivity index is 1.90. The van der Waals surface area contributed by atoms with Crippen molar-refractivity contribution in [2.24, 2.45) is 0 Å². The van der Waals surface area contributed by atoms with Gasteiger partial charge in [-0.2, -0.15) is 0 Å². The van der Waals surface area contributed by atoms with Gasteiger partial charge in [0.1, 0.15) is 0 Å². The van der Waals surface area contributed by atoms with Crippen LogP contribution in [0.3, 0.4) is 0 Å². The number of nitrogens with one attached hydrogen (secondary N) is 1. The average Bonchev–Trinajstić information content (AvgIpc) is 2.87. The van der Waals surface area contributed by atoms with E-state index in [1.165, 1.54) is 11.3 Å². The summed E-state index contributed by atoms with van der Waals surface area (Å²) in [5.74, 6) is -0.111. The summed E-state index contributed by atoms with van der Waals surface area (Å²) in [4.78, 5) is 17.7. The second-order valence-electron chi connectivity index (χ2n) is 4.27. The molecule has 0 bridgehead atoms. The van der Waals surface area contributed by atoms with Crippen molar-refractivity contribution in [1.82, 2.24) is 9.88 Å². The van der Waals surface area contributed by atoms with E-state index in [2.05, 4.69) is 10.3 Å². The number of hydrogen-bond acceptors (Lipinski definition) is 4. The number of thiazole rings is 1. The molecule has 0 saturated carbocycles. The first-order valence-electron chi connectivity index (χ1n) is 5.87. The van der Waals surface area contributed by atoms with Crippen molar-refractivity contribution in [3.05, 3.63) is 45.4 Å². The van der Waals surface area contributed by atoms with Crippen molar-refractivity contribution in [1.29, 1.82) is 0 Å². The Morgan fingerprint density at radius 3 is 2.95 bits per heavy atom. The summed E-state index contributed by atoms with van der Waals surface area (Å²) >= 11 is 13.5. The Morgan fingerprint density at radius 2 is 2.25 bits per heavy atom. The Bertz CT molecular complexity index is 589. The summed E-state index contributed by atoms with van der Waals surface area (Å²) in [7, 11) is 1.85. The Kier molecular flexibility index (Phi) is 5.37. The zero-order chi connectivity index (χ0) is 14.5. The Morgan fingerprint density at radius 1 is 1.45 bits per heavy atom. The Hall–Kier alpha value is -1.14. The minimum absolute atomic E-state index is 0.111. The molecule has 0 aliphatic carbocycles. The van der Waals surface area contributed by atoms with Gasteiger partial charge in [-0.1, -0.05) is 35.3 Å². The van der Waals surface area contributed by atoms with Gasteiger partial charge in [0.2, 0.25) is 5.91 Å². The second kappa shape index (κ2) is 7.04. The quantitative estimate of drug-likeness (QED) is 0.912. The molecule has 2 aromatic rings. The van der Waals surface area contributed by atoms with E-state index < -0.39 is 0 Å². The molecule has 0 radical (unpaired) electrons. The number of benzene rings is 1. The number of amides is 1. The van der Waals surface area contributed by atoms with Crippen molar-refractivity contribution in [3.8, 4) is 0 Å². The van der Waals surface area contributed by atoms with Gasteiger partial charge in [-0.05, 0) is 18.7 Å². The molecule has 0 aliphatic rings. The lowest BCUT2D eigenvalue weighted by Gasteiger charge is -2.17. The molecule has 1 heterocycles. The van der Waals surface area contributed by atoms with E-state index in [0.717, 1.165) is 5.56 Å². The van der Waals surface area contributed by atoms with E-state index in [1.54, 1.807) is 12.3 Å². The van der Waals surface area contributed by atoms with Crippen LogP contribution in [0.1, 0.15) is 5.56 Å². The molecule has 2 rings (SSSR count). The number of aromatic nitrogens is 1. The molecule has 0 saturated heterocycles. The maximum atomic E-state index is 11.8. The molecule has 1 amide bonds. The van der Waals surface area contributed by atoms with Crippen molar-refractivity contribution < 1.29 is 4.79 Å². The lowest BCUT2D eigenvalue weighted by atomic mass is 10.2. The van der Waals surface area contributed by atoms with Crippen molar-refractivity contribution in [2.75, 3.05) is 18.9 Å². The van der Waals surface area contributed by atoms with Crippen LogP contribution in [-0.4, -0.2) is 29.4 Å². The highest BCUT2D eigenvalue weighted by atomic mass is 35.5. The van der Waals surface area contributed by atoms with Gasteiger partial charge in [0.15, 0.2) is 5.13 Å². The van der Waals surface area contributed by atoms with Crippen LogP contribution in [0.25, 0.3) is 0 Å². The van der Waals surface area contributed by atoms with Crippen LogP contribution in [-0.2, 0) is 11.3 Å². The zero-order valence-corrected chi connectivity index (χ0v) is 13.1. The topological polar surface area (TPSA) is 45.2 Å². The van der Waals surface area contributed by atoms with Crippen LogP contribution in [0.2, 0.25) is 10.0 Å². The highest BCUT2D eigenvalue weighted by Crippen LogP contribution is 2.26. The number of likely N-dealkylation sites (N-methyl/N-ethyl adjacent to an activating group) is 1. The van der Waals surface area contributed by atoms with E-state index in [0.29, 0.717) is 21.7 Å². The first-order valence-corrected chi connectivity index (χ1v) is 7.50. The summed E-state index contributed by atoms with van der Waals surface area (Å²) in [5, 5.41) is 6.19. The van der Waals surface area contributed by atoms with E-state index in [9.17, 15) is 4.79 Å². The SMILES string of the molecule is CN(CC(=O)Nc1nccs1)Cc1cccc(Cl)c1Cl. The van der Waals surface area contributed by atoms with E-state index in [-0.39, 0.29) is 12.5 Å². The van der Waals surface area contributed by atoms with Crippen LogP contribution in [0, 0.1) is 0 Å². The third kappa shape index (κ3) is 4.18. The summed E-state index contributed by atoms with van der Waals surface area (Å²) in [6.07, 6.45) is 1.65.